The molecule has 2 N–H and O–H groups in total. The van der Waals surface area contributed by atoms with Gasteiger partial charge in [-0.05, 0) is 22.3 Å². The van der Waals surface area contributed by atoms with E-state index in [1.807, 2.05) is 36.4 Å². The number of likely N-dealkylation sites (tertiary alicyclic amines) is 1. The summed E-state index contributed by atoms with van der Waals surface area (Å²) < 4.78 is 10.6. The van der Waals surface area contributed by atoms with E-state index in [0.29, 0.717) is 0 Å². The number of rotatable bonds is 7. The first-order chi connectivity index (χ1) is 16.0. The molecule has 0 spiro atoms. The number of carbonyl (C=O) groups is 3. The van der Waals surface area contributed by atoms with Crippen LogP contribution in [0.4, 0.5) is 4.79 Å². The Morgan fingerprint density at radius 2 is 1.73 bits per heavy atom. The molecular formula is C25H26N2O6. The second-order valence-corrected chi connectivity index (χ2v) is 8.05. The Labute approximate surface area is 191 Å². The van der Waals surface area contributed by atoms with Crippen molar-refractivity contribution in [3.05, 3.63) is 71.8 Å². The van der Waals surface area contributed by atoms with Gasteiger partial charge in [0.15, 0.2) is 0 Å². The number of nitrogens with one attached hydrogen (secondary N) is 1. The summed E-state index contributed by atoms with van der Waals surface area (Å²) in [7, 11) is 1.49. The van der Waals surface area contributed by atoms with E-state index in [2.05, 4.69) is 17.4 Å². The number of methoxy groups -OCH3 is 1. The van der Waals surface area contributed by atoms with Gasteiger partial charge in [-0.25, -0.2) is 9.59 Å². The first-order valence-electron chi connectivity index (χ1n) is 10.8. The molecule has 2 amide bonds. The van der Waals surface area contributed by atoms with Gasteiger partial charge in [-0.1, -0.05) is 54.6 Å². The molecule has 0 bridgehead atoms. The lowest BCUT2D eigenvalue weighted by atomic mass is 9.98. The van der Waals surface area contributed by atoms with Gasteiger partial charge in [-0.3, -0.25) is 4.79 Å². The molecule has 2 unspecified atom stereocenters. The van der Waals surface area contributed by atoms with Gasteiger partial charge in [0, 0.05) is 38.6 Å². The van der Waals surface area contributed by atoms with Crippen LogP contribution in [0.2, 0.25) is 0 Å². The van der Waals surface area contributed by atoms with Gasteiger partial charge in [0.1, 0.15) is 12.6 Å². The number of carbonyl (C=O) groups excluding carboxylic acids is 2. The number of nitrogens with zero attached hydrogens (tertiary/aromatic N) is 1. The largest absolute Gasteiger partial charge is 0.480 e. The summed E-state index contributed by atoms with van der Waals surface area (Å²) >= 11 is 0. The average molecular weight is 450 g/mol. The molecular weight excluding hydrogens is 424 g/mol. The fourth-order valence-electron chi connectivity index (χ4n) is 4.49. The van der Waals surface area contributed by atoms with Crippen molar-refractivity contribution in [2.75, 3.05) is 26.8 Å². The molecule has 4 rings (SSSR count). The van der Waals surface area contributed by atoms with Crippen LogP contribution in [-0.2, 0) is 19.1 Å². The number of hydrogen-bond donors (Lipinski definition) is 2. The third kappa shape index (κ3) is 4.75. The van der Waals surface area contributed by atoms with Gasteiger partial charge in [-0.15, -0.1) is 0 Å². The molecule has 1 saturated heterocycles. The van der Waals surface area contributed by atoms with E-state index in [0.717, 1.165) is 22.3 Å². The van der Waals surface area contributed by atoms with Crippen molar-refractivity contribution < 1.29 is 29.0 Å². The van der Waals surface area contributed by atoms with E-state index in [9.17, 15) is 19.5 Å². The lowest BCUT2D eigenvalue weighted by molar-refractivity contribution is -0.146. The standard InChI is InChI=1S/C25H26N2O6/c1-32-16-13-22(24(29)30)27(14-16)23(28)11-6-12-26-25(31)33-15-21-19-9-4-2-7-17(19)18-8-3-5-10-20(18)21/h2-11,16,21-22H,12-15H2,1H3,(H,26,31)(H,29,30)/b11-6+. The summed E-state index contributed by atoms with van der Waals surface area (Å²) in [4.78, 5) is 37.2. The van der Waals surface area contributed by atoms with Crippen LogP contribution < -0.4 is 5.32 Å². The quantitative estimate of drug-likeness (QED) is 0.629. The van der Waals surface area contributed by atoms with Crippen molar-refractivity contribution in [3.8, 4) is 11.1 Å². The monoisotopic (exact) mass is 450 g/mol. The molecule has 2 aromatic carbocycles. The van der Waals surface area contributed by atoms with Gasteiger partial charge >= 0.3 is 12.1 Å². The molecule has 1 fully saturated rings. The Bertz CT molecular complexity index is 1040. The zero-order valence-electron chi connectivity index (χ0n) is 18.3. The minimum Gasteiger partial charge on any atom is -0.480 e. The summed E-state index contributed by atoms with van der Waals surface area (Å²) in [5.74, 6) is -1.53. The van der Waals surface area contributed by atoms with Crippen LogP contribution in [0, 0.1) is 0 Å². The Balaban J connectivity index is 1.28. The number of carboxylic acids is 1. The topological polar surface area (TPSA) is 105 Å². The zero-order valence-corrected chi connectivity index (χ0v) is 18.3. The van der Waals surface area contributed by atoms with E-state index in [1.54, 1.807) is 0 Å². The summed E-state index contributed by atoms with van der Waals surface area (Å²) in [5, 5.41) is 11.9. The predicted molar refractivity (Wildman–Crippen MR) is 121 cm³/mol. The summed E-state index contributed by atoms with van der Waals surface area (Å²) in [5.41, 5.74) is 4.57. The van der Waals surface area contributed by atoms with E-state index in [4.69, 9.17) is 9.47 Å². The number of ether oxygens (including phenoxy) is 2. The van der Waals surface area contributed by atoms with Crippen molar-refractivity contribution in [1.82, 2.24) is 10.2 Å². The minimum atomic E-state index is -1.06. The molecule has 33 heavy (non-hydrogen) atoms. The Hall–Kier alpha value is -3.65. The molecule has 0 aromatic heterocycles. The third-order valence-corrected chi connectivity index (χ3v) is 6.13. The lowest BCUT2D eigenvalue weighted by Gasteiger charge is -2.19. The van der Waals surface area contributed by atoms with E-state index >= 15 is 0 Å². The van der Waals surface area contributed by atoms with Crippen LogP contribution in [0.3, 0.4) is 0 Å². The Morgan fingerprint density at radius 1 is 1.09 bits per heavy atom. The van der Waals surface area contributed by atoms with Gasteiger partial charge in [0.05, 0.1) is 6.10 Å². The lowest BCUT2D eigenvalue weighted by Crippen LogP contribution is -2.39. The van der Waals surface area contributed by atoms with Crippen molar-refractivity contribution in [1.29, 1.82) is 0 Å². The van der Waals surface area contributed by atoms with Gasteiger partial charge < -0.3 is 24.8 Å². The van der Waals surface area contributed by atoms with Crippen LogP contribution in [-0.4, -0.2) is 66.9 Å². The van der Waals surface area contributed by atoms with Crippen LogP contribution in [0.25, 0.3) is 11.1 Å². The third-order valence-electron chi connectivity index (χ3n) is 6.13. The van der Waals surface area contributed by atoms with Crippen LogP contribution in [0.1, 0.15) is 23.5 Å². The van der Waals surface area contributed by atoms with Gasteiger partial charge in [0.2, 0.25) is 5.91 Å². The maximum absolute atomic E-state index is 12.4. The molecule has 2 aliphatic rings. The molecule has 8 heteroatoms. The zero-order chi connectivity index (χ0) is 23.4. The van der Waals surface area contributed by atoms with Crippen molar-refractivity contribution >= 4 is 18.0 Å². The van der Waals surface area contributed by atoms with Gasteiger partial charge in [0.25, 0.3) is 0 Å². The molecule has 2 atom stereocenters. The second kappa shape index (κ2) is 9.87. The van der Waals surface area contributed by atoms with Crippen molar-refractivity contribution in [2.45, 2.75) is 24.5 Å². The fourth-order valence-corrected chi connectivity index (χ4v) is 4.49. The Morgan fingerprint density at radius 3 is 2.33 bits per heavy atom. The predicted octanol–water partition coefficient (Wildman–Crippen LogP) is 2.78. The number of fused-ring (bicyclic) bond motifs is 3. The summed E-state index contributed by atoms with van der Waals surface area (Å²) in [6, 6.07) is 15.3. The summed E-state index contributed by atoms with van der Waals surface area (Å²) in [6.45, 7) is 0.507. The Kier molecular flexibility index (Phi) is 6.74. The number of benzene rings is 2. The maximum Gasteiger partial charge on any atom is 0.407 e. The normalized spacial score (nSPS) is 19.4. The van der Waals surface area contributed by atoms with E-state index < -0.39 is 24.0 Å². The van der Waals surface area contributed by atoms with E-state index in [-0.39, 0.29) is 38.1 Å². The smallest absolute Gasteiger partial charge is 0.407 e. The van der Waals surface area contributed by atoms with Crippen LogP contribution >= 0.6 is 0 Å². The minimum absolute atomic E-state index is 0.0304. The number of aliphatic carboxylic acids is 1. The highest BCUT2D eigenvalue weighted by Gasteiger charge is 2.39. The van der Waals surface area contributed by atoms with Crippen molar-refractivity contribution in [3.63, 3.8) is 0 Å². The molecule has 8 nitrogen and oxygen atoms in total. The number of carboxylic acid groups (broad SMARTS) is 1. The molecule has 1 aliphatic carbocycles. The van der Waals surface area contributed by atoms with Crippen LogP contribution in [0.15, 0.2) is 60.7 Å². The summed E-state index contributed by atoms with van der Waals surface area (Å²) in [6.07, 6.45) is 2.10. The highest BCUT2D eigenvalue weighted by atomic mass is 16.5. The second-order valence-electron chi connectivity index (χ2n) is 8.05. The SMILES string of the molecule is COC1CC(C(=O)O)N(C(=O)/C=C/CNC(=O)OCC2c3ccccc3-c3ccccc32)C1. The molecule has 0 radical (unpaired) electrons. The van der Waals surface area contributed by atoms with Crippen LogP contribution in [0.5, 0.6) is 0 Å². The van der Waals surface area contributed by atoms with Crippen molar-refractivity contribution in [2.24, 2.45) is 0 Å². The first kappa shape index (κ1) is 22.5. The van der Waals surface area contributed by atoms with E-state index in [1.165, 1.54) is 24.2 Å². The number of amides is 2. The number of alkyl carbamates (subject to hydrolysis) is 1. The van der Waals surface area contributed by atoms with Gasteiger partial charge in [-0.2, -0.15) is 0 Å². The molecule has 0 saturated carbocycles. The highest BCUT2D eigenvalue weighted by Crippen LogP contribution is 2.44. The molecule has 2 aromatic rings. The highest BCUT2D eigenvalue weighted by molar-refractivity contribution is 5.91. The first-order valence-corrected chi connectivity index (χ1v) is 10.8. The number of hydrogen-bond acceptors (Lipinski definition) is 5. The molecule has 172 valence electrons. The maximum atomic E-state index is 12.4. The average Bonchev–Trinajstić information content (AvgIpc) is 3.40. The molecule has 1 heterocycles. The fraction of sp³-hybridized carbons (Fsp3) is 0.320. The molecule has 1 aliphatic heterocycles.